The van der Waals surface area contributed by atoms with Crippen LogP contribution < -0.4 is 10.6 Å². The first kappa shape index (κ1) is 14.6. The van der Waals surface area contributed by atoms with Gasteiger partial charge in [-0.25, -0.2) is 4.79 Å². The highest BCUT2D eigenvalue weighted by Crippen LogP contribution is 2.37. The van der Waals surface area contributed by atoms with Gasteiger partial charge in [-0.1, -0.05) is 54.1 Å². The Morgan fingerprint density at radius 2 is 1.64 bits per heavy atom. The molecule has 2 aromatic carbocycles. The molecule has 2 atom stereocenters. The molecular formula is C16H13ClN2O3. The summed E-state index contributed by atoms with van der Waals surface area (Å²) >= 11 is 5.85. The number of aliphatic hydroxyl groups excluding tert-OH is 1. The van der Waals surface area contributed by atoms with Gasteiger partial charge in [-0.15, -0.1) is 0 Å². The Hall–Kier alpha value is -2.37. The zero-order chi connectivity index (χ0) is 15.7. The Balaban J connectivity index is 2.12. The Morgan fingerprint density at radius 1 is 1.00 bits per heavy atom. The molecule has 0 radical (unpaired) electrons. The van der Waals surface area contributed by atoms with Crippen LogP contribution in [0.3, 0.4) is 0 Å². The van der Waals surface area contributed by atoms with Gasteiger partial charge >= 0.3 is 6.03 Å². The summed E-state index contributed by atoms with van der Waals surface area (Å²) in [5.41, 5.74) is -0.585. The highest BCUT2D eigenvalue weighted by Gasteiger charge is 2.53. The van der Waals surface area contributed by atoms with E-state index in [4.69, 9.17) is 11.6 Å². The van der Waals surface area contributed by atoms with Gasteiger partial charge in [0, 0.05) is 5.02 Å². The van der Waals surface area contributed by atoms with E-state index in [2.05, 4.69) is 10.6 Å². The Kier molecular flexibility index (Phi) is 3.60. The number of rotatable bonds is 3. The smallest absolute Gasteiger partial charge is 0.322 e. The van der Waals surface area contributed by atoms with Crippen molar-refractivity contribution in [2.75, 3.05) is 0 Å². The molecule has 2 aromatic rings. The summed E-state index contributed by atoms with van der Waals surface area (Å²) in [4.78, 5) is 24.1. The third-order valence-electron chi connectivity index (χ3n) is 3.72. The molecule has 5 nitrogen and oxygen atoms in total. The maximum absolute atomic E-state index is 12.4. The summed E-state index contributed by atoms with van der Waals surface area (Å²) in [5.74, 6) is -0.592. The number of carbonyl (C=O) groups excluding carboxylic acids is 2. The van der Waals surface area contributed by atoms with Crippen LogP contribution >= 0.6 is 11.6 Å². The minimum absolute atomic E-state index is 0.477. The predicted octanol–water partition coefficient (Wildman–Crippen LogP) is 2.11. The zero-order valence-corrected chi connectivity index (χ0v) is 12.2. The van der Waals surface area contributed by atoms with E-state index >= 15 is 0 Å². The summed E-state index contributed by atoms with van der Waals surface area (Å²) in [7, 11) is 0. The van der Waals surface area contributed by atoms with Crippen molar-refractivity contribution in [2.24, 2.45) is 0 Å². The summed E-state index contributed by atoms with van der Waals surface area (Å²) in [6, 6.07) is 14.5. The zero-order valence-electron chi connectivity index (χ0n) is 11.4. The van der Waals surface area contributed by atoms with Crippen molar-refractivity contribution in [3.8, 4) is 0 Å². The van der Waals surface area contributed by atoms with E-state index in [1.165, 1.54) is 0 Å². The quantitative estimate of drug-likeness (QED) is 0.759. The van der Waals surface area contributed by atoms with Gasteiger partial charge in [0.1, 0.15) is 6.10 Å². The number of urea groups is 1. The molecule has 3 amide bonds. The monoisotopic (exact) mass is 316 g/mol. The van der Waals surface area contributed by atoms with Crippen LogP contribution in [0, 0.1) is 0 Å². The van der Waals surface area contributed by atoms with Gasteiger partial charge in [0.05, 0.1) is 0 Å². The van der Waals surface area contributed by atoms with E-state index in [1.54, 1.807) is 54.6 Å². The first-order valence-corrected chi connectivity index (χ1v) is 7.04. The van der Waals surface area contributed by atoms with E-state index in [0.717, 1.165) is 0 Å². The second kappa shape index (κ2) is 5.44. The van der Waals surface area contributed by atoms with E-state index in [1.807, 2.05) is 0 Å². The lowest BCUT2D eigenvalue weighted by Gasteiger charge is -2.32. The van der Waals surface area contributed by atoms with Crippen molar-refractivity contribution in [3.05, 3.63) is 70.7 Å². The van der Waals surface area contributed by atoms with Crippen LogP contribution in [0.4, 0.5) is 4.79 Å². The van der Waals surface area contributed by atoms with Crippen LogP contribution in [0.15, 0.2) is 54.6 Å². The van der Waals surface area contributed by atoms with Crippen molar-refractivity contribution in [1.82, 2.24) is 10.6 Å². The van der Waals surface area contributed by atoms with Crippen molar-refractivity contribution in [2.45, 2.75) is 11.6 Å². The SMILES string of the molecule is O=C1NC(=O)C(c2ccccc2)(C(O)c2ccc(Cl)cc2)N1. The molecule has 0 saturated carbocycles. The minimum atomic E-state index is -1.56. The Labute approximate surface area is 131 Å². The molecular weight excluding hydrogens is 304 g/mol. The summed E-state index contributed by atoms with van der Waals surface area (Å²) < 4.78 is 0. The average Bonchev–Trinajstić information content (AvgIpc) is 2.84. The molecule has 3 N–H and O–H groups in total. The van der Waals surface area contributed by atoms with Crippen molar-refractivity contribution in [1.29, 1.82) is 0 Å². The fraction of sp³-hybridized carbons (Fsp3) is 0.125. The molecule has 3 rings (SSSR count). The number of amides is 3. The number of benzene rings is 2. The average molecular weight is 317 g/mol. The van der Waals surface area contributed by atoms with Crippen molar-refractivity contribution < 1.29 is 14.7 Å². The number of halogens is 1. The van der Waals surface area contributed by atoms with Crippen LogP contribution in [-0.2, 0) is 10.3 Å². The molecule has 1 aliphatic heterocycles. The van der Waals surface area contributed by atoms with Crippen LogP contribution in [0.25, 0.3) is 0 Å². The molecule has 2 unspecified atom stereocenters. The predicted molar refractivity (Wildman–Crippen MR) is 81.2 cm³/mol. The van der Waals surface area contributed by atoms with Crippen LogP contribution in [0.1, 0.15) is 17.2 Å². The Morgan fingerprint density at radius 3 is 2.18 bits per heavy atom. The van der Waals surface area contributed by atoms with Gasteiger partial charge in [-0.2, -0.15) is 0 Å². The van der Waals surface area contributed by atoms with Crippen LogP contribution in [-0.4, -0.2) is 17.0 Å². The molecule has 1 saturated heterocycles. The molecule has 0 spiro atoms. The first-order valence-electron chi connectivity index (χ1n) is 6.66. The number of hydrogen-bond donors (Lipinski definition) is 3. The molecule has 0 aliphatic carbocycles. The third kappa shape index (κ3) is 2.24. The lowest BCUT2D eigenvalue weighted by atomic mass is 9.81. The van der Waals surface area contributed by atoms with E-state index in [-0.39, 0.29) is 0 Å². The number of aliphatic hydroxyl groups is 1. The molecule has 22 heavy (non-hydrogen) atoms. The number of imide groups is 1. The maximum atomic E-state index is 12.4. The van der Waals surface area contributed by atoms with Gasteiger partial charge in [-0.05, 0) is 23.3 Å². The van der Waals surface area contributed by atoms with E-state index in [0.29, 0.717) is 16.1 Å². The van der Waals surface area contributed by atoms with E-state index in [9.17, 15) is 14.7 Å². The topological polar surface area (TPSA) is 78.4 Å². The fourth-order valence-electron chi connectivity index (χ4n) is 2.62. The lowest BCUT2D eigenvalue weighted by Crippen LogP contribution is -2.49. The maximum Gasteiger partial charge on any atom is 0.322 e. The number of hydrogen-bond acceptors (Lipinski definition) is 3. The van der Waals surface area contributed by atoms with Gasteiger partial charge < -0.3 is 10.4 Å². The largest absolute Gasteiger partial charge is 0.385 e. The fourth-order valence-corrected chi connectivity index (χ4v) is 2.74. The van der Waals surface area contributed by atoms with Gasteiger partial charge in [0.25, 0.3) is 5.91 Å². The molecule has 6 heteroatoms. The first-order chi connectivity index (χ1) is 10.5. The summed E-state index contributed by atoms with van der Waals surface area (Å²) in [6.07, 6.45) is -1.25. The minimum Gasteiger partial charge on any atom is -0.385 e. The second-order valence-corrected chi connectivity index (χ2v) is 5.47. The molecule has 0 bridgehead atoms. The van der Waals surface area contributed by atoms with Crippen LogP contribution in [0.2, 0.25) is 5.02 Å². The van der Waals surface area contributed by atoms with Crippen molar-refractivity contribution >= 4 is 23.5 Å². The molecule has 0 aromatic heterocycles. The number of nitrogens with one attached hydrogen (secondary N) is 2. The normalized spacial score (nSPS) is 22.1. The van der Waals surface area contributed by atoms with E-state index < -0.39 is 23.6 Å². The highest BCUT2D eigenvalue weighted by molar-refractivity contribution is 6.30. The molecule has 1 fully saturated rings. The van der Waals surface area contributed by atoms with Gasteiger partial charge in [0.15, 0.2) is 5.54 Å². The lowest BCUT2D eigenvalue weighted by molar-refractivity contribution is -0.128. The highest BCUT2D eigenvalue weighted by atomic mass is 35.5. The third-order valence-corrected chi connectivity index (χ3v) is 3.97. The Bertz CT molecular complexity index is 718. The van der Waals surface area contributed by atoms with Crippen molar-refractivity contribution in [3.63, 3.8) is 0 Å². The van der Waals surface area contributed by atoms with Gasteiger partial charge in [-0.3, -0.25) is 10.1 Å². The van der Waals surface area contributed by atoms with Crippen LogP contribution in [0.5, 0.6) is 0 Å². The summed E-state index contributed by atoms with van der Waals surface area (Å²) in [6.45, 7) is 0. The second-order valence-electron chi connectivity index (χ2n) is 5.04. The number of carbonyl (C=O) groups is 2. The molecule has 112 valence electrons. The molecule has 1 heterocycles. The standard InChI is InChI=1S/C16H13ClN2O3/c17-12-8-6-10(7-9-12)13(20)16(11-4-2-1-3-5-11)14(21)18-15(22)19-16/h1-9,13,20H,(H2,18,19,21,22). The summed E-state index contributed by atoms with van der Waals surface area (Å²) in [5, 5.41) is 16.1. The molecule has 1 aliphatic rings. The van der Waals surface area contributed by atoms with Gasteiger partial charge in [0.2, 0.25) is 0 Å².